The fraction of sp³-hybridized carbons (Fsp3) is 0.368. The molecule has 0 aliphatic carbocycles. The number of hydrogen-bond donors (Lipinski definition) is 0. The molecule has 0 amide bonds. The summed E-state index contributed by atoms with van der Waals surface area (Å²) in [4.78, 5) is 2.12. The summed E-state index contributed by atoms with van der Waals surface area (Å²) in [6, 6.07) is 20.6. The molecule has 118 valence electrons. The van der Waals surface area contributed by atoms with Crippen LogP contribution in [0.4, 0.5) is 0 Å². The molecule has 2 rings (SSSR count). The lowest BCUT2D eigenvalue weighted by molar-refractivity contribution is -0.0696. The second-order valence-electron chi connectivity index (χ2n) is 5.64. The first kappa shape index (κ1) is 16.7. The molecule has 0 aliphatic rings. The monoisotopic (exact) mass is 299 g/mol. The molecular formula is C19H25NO2. The first-order valence-corrected chi connectivity index (χ1v) is 7.58. The van der Waals surface area contributed by atoms with E-state index in [0.29, 0.717) is 13.2 Å². The van der Waals surface area contributed by atoms with Crippen LogP contribution in [0.1, 0.15) is 11.1 Å². The van der Waals surface area contributed by atoms with Crippen LogP contribution in [0.25, 0.3) is 0 Å². The molecule has 0 saturated carbocycles. The van der Waals surface area contributed by atoms with E-state index in [1.54, 1.807) is 7.11 Å². The van der Waals surface area contributed by atoms with Crippen LogP contribution < -0.4 is 0 Å². The lowest BCUT2D eigenvalue weighted by atomic mass is 9.86. The number of ether oxygens (including phenoxy) is 2. The van der Waals surface area contributed by atoms with Crippen molar-refractivity contribution in [1.82, 2.24) is 4.90 Å². The molecule has 0 unspecified atom stereocenters. The summed E-state index contributed by atoms with van der Waals surface area (Å²) >= 11 is 0. The van der Waals surface area contributed by atoms with Gasteiger partial charge in [0.2, 0.25) is 0 Å². The largest absolute Gasteiger partial charge is 0.381 e. The minimum atomic E-state index is -0.576. The van der Waals surface area contributed by atoms with Gasteiger partial charge in [0.05, 0.1) is 13.2 Å². The van der Waals surface area contributed by atoms with Crippen molar-refractivity contribution in [2.45, 2.75) is 5.60 Å². The van der Waals surface area contributed by atoms with Gasteiger partial charge in [-0.2, -0.15) is 0 Å². The van der Waals surface area contributed by atoms with E-state index in [1.165, 1.54) is 0 Å². The van der Waals surface area contributed by atoms with E-state index in [2.05, 4.69) is 29.2 Å². The van der Waals surface area contributed by atoms with E-state index in [-0.39, 0.29) is 0 Å². The van der Waals surface area contributed by atoms with Gasteiger partial charge in [0.15, 0.2) is 0 Å². The number of methoxy groups -OCH3 is 1. The molecule has 3 heteroatoms. The molecule has 2 aromatic rings. The maximum Gasteiger partial charge on any atom is 0.141 e. The standard InChI is InChI=1S/C19H25NO2/c1-20(2)14-15-22-19(16-21-3,17-10-6-4-7-11-17)18-12-8-5-9-13-18/h4-13H,14-16H2,1-3H3. The van der Waals surface area contributed by atoms with Gasteiger partial charge in [-0.3, -0.25) is 0 Å². The third-order valence-electron chi connectivity index (χ3n) is 3.71. The van der Waals surface area contributed by atoms with Gasteiger partial charge in [-0.1, -0.05) is 60.7 Å². The van der Waals surface area contributed by atoms with Crippen molar-refractivity contribution in [1.29, 1.82) is 0 Å². The van der Waals surface area contributed by atoms with Crippen LogP contribution in [-0.4, -0.2) is 45.9 Å². The molecule has 2 aromatic carbocycles. The molecule has 3 nitrogen and oxygen atoms in total. The Balaban J connectivity index is 2.40. The van der Waals surface area contributed by atoms with Crippen molar-refractivity contribution in [2.24, 2.45) is 0 Å². The van der Waals surface area contributed by atoms with Gasteiger partial charge in [0.1, 0.15) is 5.60 Å². The Kier molecular flexibility index (Phi) is 6.13. The van der Waals surface area contributed by atoms with Crippen molar-refractivity contribution in [2.75, 3.05) is 41.0 Å². The molecule has 0 saturated heterocycles. The Morgan fingerprint density at radius 3 is 1.77 bits per heavy atom. The van der Waals surface area contributed by atoms with E-state index in [0.717, 1.165) is 17.7 Å². The Morgan fingerprint density at radius 2 is 1.36 bits per heavy atom. The van der Waals surface area contributed by atoms with E-state index in [9.17, 15) is 0 Å². The summed E-state index contributed by atoms with van der Waals surface area (Å²) in [5.74, 6) is 0. The Labute approximate surface area is 133 Å². The summed E-state index contributed by atoms with van der Waals surface area (Å²) in [5, 5.41) is 0. The second-order valence-corrected chi connectivity index (χ2v) is 5.64. The zero-order valence-electron chi connectivity index (χ0n) is 13.7. The maximum absolute atomic E-state index is 6.39. The molecule has 0 aromatic heterocycles. The summed E-state index contributed by atoms with van der Waals surface area (Å²) in [6.45, 7) is 1.99. The molecule has 0 spiro atoms. The highest BCUT2D eigenvalue weighted by atomic mass is 16.5. The summed E-state index contributed by atoms with van der Waals surface area (Å²) in [6.07, 6.45) is 0. The second kappa shape index (κ2) is 8.08. The van der Waals surface area contributed by atoms with Gasteiger partial charge in [-0.15, -0.1) is 0 Å². The summed E-state index contributed by atoms with van der Waals surface area (Å²) in [7, 11) is 5.81. The van der Waals surface area contributed by atoms with E-state index < -0.39 is 5.60 Å². The van der Waals surface area contributed by atoms with Gasteiger partial charge in [0, 0.05) is 13.7 Å². The van der Waals surface area contributed by atoms with Gasteiger partial charge in [-0.05, 0) is 25.2 Å². The highest BCUT2D eigenvalue weighted by Crippen LogP contribution is 2.34. The molecule has 0 atom stereocenters. The number of hydrogen-bond acceptors (Lipinski definition) is 3. The fourth-order valence-electron chi connectivity index (χ4n) is 2.56. The van der Waals surface area contributed by atoms with Crippen LogP contribution in [0.5, 0.6) is 0 Å². The summed E-state index contributed by atoms with van der Waals surface area (Å²) in [5.41, 5.74) is 1.65. The lowest BCUT2D eigenvalue weighted by Gasteiger charge is -2.35. The van der Waals surface area contributed by atoms with Crippen LogP contribution in [0, 0.1) is 0 Å². The van der Waals surface area contributed by atoms with Crippen LogP contribution in [-0.2, 0) is 15.1 Å². The SMILES string of the molecule is COCC(OCCN(C)C)(c1ccccc1)c1ccccc1. The van der Waals surface area contributed by atoms with Crippen molar-refractivity contribution >= 4 is 0 Å². The normalized spacial score (nSPS) is 11.8. The van der Waals surface area contributed by atoms with Crippen molar-refractivity contribution in [3.63, 3.8) is 0 Å². The van der Waals surface area contributed by atoms with Crippen LogP contribution in [0.3, 0.4) is 0 Å². The third-order valence-corrected chi connectivity index (χ3v) is 3.71. The average molecular weight is 299 g/mol. The Hall–Kier alpha value is -1.68. The molecule has 0 radical (unpaired) electrons. The quantitative estimate of drug-likeness (QED) is 0.747. The maximum atomic E-state index is 6.39. The van der Waals surface area contributed by atoms with Crippen LogP contribution >= 0.6 is 0 Å². The minimum absolute atomic E-state index is 0.481. The zero-order chi connectivity index (χ0) is 15.8. The first-order chi connectivity index (χ1) is 10.7. The first-order valence-electron chi connectivity index (χ1n) is 7.58. The highest BCUT2D eigenvalue weighted by molar-refractivity contribution is 5.36. The van der Waals surface area contributed by atoms with Crippen LogP contribution in [0.15, 0.2) is 60.7 Å². The number of nitrogens with zero attached hydrogens (tertiary/aromatic N) is 1. The van der Waals surface area contributed by atoms with Crippen molar-refractivity contribution < 1.29 is 9.47 Å². The molecule has 0 fully saturated rings. The predicted molar refractivity (Wildman–Crippen MR) is 90.0 cm³/mol. The Bertz CT molecular complexity index is 500. The van der Waals surface area contributed by atoms with E-state index in [1.807, 2.05) is 50.5 Å². The Morgan fingerprint density at radius 1 is 0.864 bits per heavy atom. The lowest BCUT2D eigenvalue weighted by Crippen LogP contribution is -2.38. The average Bonchev–Trinajstić information content (AvgIpc) is 2.55. The highest BCUT2D eigenvalue weighted by Gasteiger charge is 2.35. The number of likely N-dealkylation sites (N-methyl/N-ethyl adjacent to an activating group) is 1. The van der Waals surface area contributed by atoms with E-state index >= 15 is 0 Å². The third kappa shape index (κ3) is 3.95. The van der Waals surface area contributed by atoms with Gasteiger partial charge < -0.3 is 14.4 Å². The smallest absolute Gasteiger partial charge is 0.141 e. The molecule has 0 bridgehead atoms. The molecule has 0 heterocycles. The van der Waals surface area contributed by atoms with Crippen LogP contribution in [0.2, 0.25) is 0 Å². The molecule has 22 heavy (non-hydrogen) atoms. The van der Waals surface area contributed by atoms with Gasteiger partial charge >= 0.3 is 0 Å². The van der Waals surface area contributed by atoms with Gasteiger partial charge in [0.25, 0.3) is 0 Å². The van der Waals surface area contributed by atoms with Crippen molar-refractivity contribution in [3.8, 4) is 0 Å². The number of rotatable bonds is 8. The topological polar surface area (TPSA) is 21.7 Å². The van der Waals surface area contributed by atoms with E-state index in [4.69, 9.17) is 9.47 Å². The molecule has 0 N–H and O–H groups in total. The van der Waals surface area contributed by atoms with Gasteiger partial charge in [-0.25, -0.2) is 0 Å². The van der Waals surface area contributed by atoms with Crippen molar-refractivity contribution in [3.05, 3.63) is 71.8 Å². The summed E-state index contributed by atoms with van der Waals surface area (Å²) < 4.78 is 11.9. The predicted octanol–water partition coefficient (Wildman–Crippen LogP) is 3.15. The number of benzene rings is 2. The zero-order valence-corrected chi connectivity index (χ0v) is 13.7. The molecular weight excluding hydrogens is 274 g/mol. The minimum Gasteiger partial charge on any atom is -0.381 e. The molecule has 0 aliphatic heterocycles. The fourth-order valence-corrected chi connectivity index (χ4v) is 2.56.